The van der Waals surface area contributed by atoms with E-state index in [1.165, 1.54) is 38.5 Å². The third kappa shape index (κ3) is 1.29. The summed E-state index contributed by atoms with van der Waals surface area (Å²) in [6.07, 6.45) is 10.9. The monoisotopic (exact) mass is 266 g/mol. The zero-order chi connectivity index (χ0) is 13.3. The minimum atomic E-state index is 0.700. The van der Waals surface area contributed by atoms with Gasteiger partial charge in [-0.3, -0.25) is 0 Å². The molecule has 1 spiro atoms. The molecule has 2 fully saturated rings. The van der Waals surface area contributed by atoms with E-state index in [9.17, 15) is 0 Å². The van der Waals surface area contributed by atoms with Crippen LogP contribution in [0.25, 0.3) is 0 Å². The molecule has 0 N–H and O–H groups in total. The van der Waals surface area contributed by atoms with Crippen LogP contribution in [-0.2, 0) is 6.42 Å². The molecule has 5 rings (SSSR count). The molecule has 1 aromatic carbocycles. The summed E-state index contributed by atoms with van der Waals surface area (Å²) in [6.45, 7) is 0. The van der Waals surface area contributed by atoms with E-state index in [2.05, 4.69) is 24.3 Å². The highest BCUT2D eigenvalue weighted by Gasteiger charge is 2.62. The molecule has 1 aromatic rings. The van der Waals surface area contributed by atoms with E-state index in [0.29, 0.717) is 5.41 Å². The van der Waals surface area contributed by atoms with Crippen molar-refractivity contribution < 1.29 is 4.74 Å². The van der Waals surface area contributed by atoms with Crippen molar-refractivity contribution >= 4 is 0 Å². The second-order valence-corrected chi connectivity index (χ2v) is 7.32. The molecule has 20 heavy (non-hydrogen) atoms. The maximum absolute atomic E-state index is 5.40. The fourth-order valence-corrected chi connectivity index (χ4v) is 5.76. The van der Waals surface area contributed by atoms with Crippen LogP contribution < -0.4 is 4.74 Å². The molecule has 4 atom stereocenters. The molecule has 0 radical (unpaired) electrons. The van der Waals surface area contributed by atoms with E-state index in [1.807, 2.05) is 5.57 Å². The van der Waals surface area contributed by atoms with Crippen molar-refractivity contribution in [1.29, 1.82) is 0 Å². The highest BCUT2D eigenvalue weighted by molar-refractivity contribution is 5.45. The first-order chi connectivity index (χ1) is 9.82. The molecule has 0 aliphatic heterocycles. The van der Waals surface area contributed by atoms with E-state index >= 15 is 0 Å². The molecule has 4 aliphatic rings. The lowest BCUT2D eigenvalue weighted by atomic mass is 9.59. The first kappa shape index (κ1) is 11.4. The predicted octanol–water partition coefficient (Wildman–Crippen LogP) is 4.47. The zero-order valence-corrected chi connectivity index (χ0v) is 12.2. The van der Waals surface area contributed by atoms with Gasteiger partial charge in [-0.25, -0.2) is 0 Å². The molecule has 0 heterocycles. The summed E-state index contributed by atoms with van der Waals surface area (Å²) in [5, 5.41) is 0. The van der Waals surface area contributed by atoms with Crippen molar-refractivity contribution in [3.63, 3.8) is 0 Å². The van der Waals surface area contributed by atoms with Gasteiger partial charge in [-0.05, 0) is 85.0 Å². The molecule has 0 bridgehead atoms. The van der Waals surface area contributed by atoms with Crippen LogP contribution in [0.4, 0.5) is 0 Å². The molecule has 1 nitrogen and oxygen atoms in total. The van der Waals surface area contributed by atoms with Crippen LogP contribution in [0.5, 0.6) is 5.75 Å². The average Bonchev–Trinajstić information content (AvgIpc) is 3.07. The Morgan fingerprint density at radius 1 is 1.25 bits per heavy atom. The largest absolute Gasteiger partial charge is 0.497 e. The van der Waals surface area contributed by atoms with Gasteiger partial charge in [0.25, 0.3) is 0 Å². The van der Waals surface area contributed by atoms with Crippen LogP contribution >= 0.6 is 0 Å². The van der Waals surface area contributed by atoms with Crippen molar-refractivity contribution in [2.24, 2.45) is 17.3 Å². The van der Waals surface area contributed by atoms with Crippen LogP contribution in [0.3, 0.4) is 0 Å². The van der Waals surface area contributed by atoms with Gasteiger partial charge < -0.3 is 4.74 Å². The topological polar surface area (TPSA) is 9.23 Å². The third-order valence-electron chi connectivity index (χ3n) is 6.78. The Hall–Kier alpha value is -1.24. The molecular formula is C19H22O. The number of benzene rings is 1. The Morgan fingerprint density at radius 3 is 3.05 bits per heavy atom. The van der Waals surface area contributed by atoms with Gasteiger partial charge in [0, 0.05) is 0 Å². The molecule has 4 unspecified atom stereocenters. The minimum Gasteiger partial charge on any atom is -0.497 e. The van der Waals surface area contributed by atoms with Gasteiger partial charge in [-0.2, -0.15) is 0 Å². The van der Waals surface area contributed by atoms with Crippen LogP contribution in [-0.4, -0.2) is 7.11 Å². The van der Waals surface area contributed by atoms with Crippen LogP contribution in [0.2, 0.25) is 0 Å². The van der Waals surface area contributed by atoms with Gasteiger partial charge in [0.05, 0.1) is 7.11 Å². The fraction of sp³-hybridized carbons (Fsp3) is 0.579. The van der Waals surface area contributed by atoms with E-state index < -0.39 is 0 Å². The predicted molar refractivity (Wildman–Crippen MR) is 80.0 cm³/mol. The van der Waals surface area contributed by atoms with Crippen molar-refractivity contribution in [3.05, 3.63) is 41.0 Å². The summed E-state index contributed by atoms with van der Waals surface area (Å²) < 4.78 is 5.40. The van der Waals surface area contributed by atoms with Gasteiger partial charge in [0.15, 0.2) is 0 Å². The summed E-state index contributed by atoms with van der Waals surface area (Å²) in [5.74, 6) is 3.78. The molecule has 0 aromatic heterocycles. The van der Waals surface area contributed by atoms with E-state index in [4.69, 9.17) is 4.74 Å². The Balaban J connectivity index is 1.53. The van der Waals surface area contributed by atoms with E-state index in [-0.39, 0.29) is 0 Å². The Labute approximate surface area is 121 Å². The fourth-order valence-electron chi connectivity index (χ4n) is 5.76. The molecule has 4 aliphatic carbocycles. The number of methoxy groups -OCH3 is 1. The lowest BCUT2D eigenvalue weighted by Gasteiger charge is -2.45. The normalized spacial score (nSPS) is 40.0. The Kier molecular flexibility index (Phi) is 2.11. The third-order valence-corrected chi connectivity index (χ3v) is 6.78. The maximum Gasteiger partial charge on any atom is 0.119 e. The van der Waals surface area contributed by atoms with Crippen molar-refractivity contribution in [2.75, 3.05) is 7.11 Å². The number of fused-ring (bicyclic) bond motifs is 4. The quantitative estimate of drug-likeness (QED) is 0.681. The first-order valence-corrected chi connectivity index (χ1v) is 8.18. The summed E-state index contributed by atoms with van der Waals surface area (Å²) in [7, 11) is 1.77. The Bertz CT molecular complexity index is 614. The van der Waals surface area contributed by atoms with Crippen LogP contribution in [0.15, 0.2) is 29.8 Å². The standard InChI is InChI=1S/C19H22O/c1-20-14-4-6-15-12(10-14)2-5-17-16(15)8-9-19-11-13(19)3-7-18(17)19/h3-4,6,10,16-18H,2,5,7-9,11H2,1H3. The number of rotatable bonds is 1. The Morgan fingerprint density at radius 2 is 2.20 bits per heavy atom. The van der Waals surface area contributed by atoms with Gasteiger partial charge in [0.2, 0.25) is 0 Å². The lowest BCUT2D eigenvalue weighted by molar-refractivity contribution is 0.113. The first-order valence-electron chi connectivity index (χ1n) is 8.18. The molecular weight excluding hydrogens is 244 g/mol. The van der Waals surface area contributed by atoms with Gasteiger partial charge in [-0.15, -0.1) is 0 Å². The van der Waals surface area contributed by atoms with Gasteiger partial charge in [-0.1, -0.05) is 17.7 Å². The van der Waals surface area contributed by atoms with E-state index in [1.54, 1.807) is 18.2 Å². The number of allylic oxidation sites excluding steroid dienone is 2. The molecule has 2 saturated carbocycles. The summed E-state index contributed by atoms with van der Waals surface area (Å²) >= 11 is 0. The maximum atomic E-state index is 5.40. The smallest absolute Gasteiger partial charge is 0.119 e. The highest BCUT2D eigenvalue weighted by atomic mass is 16.5. The average molecular weight is 266 g/mol. The molecule has 104 valence electrons. The zero-order valence-electron chi connectivity index (χ0n) is 12.2. The summed E-state index contributed by atoms with van der Waals surface area (Å²) in [4.78, 5) is 0. The van der Waals surface area contributed by atoms with Crippen molar-refractivity contribution in [3.8, 4) is 5.75 Å². The SMILES string of the molecule is COc1ccc2c(c1)CCC1C2CCC23CC2=CCC13. The number of hydrogen-bond donors (Lipinski definition) is 0. The minimum absolute atomic E-state index is 0.700. The van der Waals surface area contributed by atoms with Crippen LogP contribution in [0, 0.1) is 17.3 Å². The highest BCUT2D eigenvalue weighted by Crippen LogP contribution is 2.72. The number of ether oxygens (including phenoxy) is 1. The summed E-state index contributed by atoms with van der Waals surface area (Å²) in [5.41, 5.74) is 5.72. The second kappa shape index (κ2) is 3.69. The molecule has 0 amide bonds. The number of aryl methyl sites for hydroxylation is 1. The van der Waals surface area contributed by atoms with Crippen molar-refractivity contribution in [1.82, 2.24) is 0 Å². The van der Waals surface area contributed by atoms with Gasteiger partial charge in [0.1, 0.15) is 5.75 Å². The van der Waals surface area contributed by atoms with Crippen molar-refractivity contribution in [2.45, 2.75) is 44.4 Å². The number of hydrogen-bond acceptors (Lipinski definition) is 1. The molecule has 0 saturated heterocycles. The van der Waals surface area contributed by atoms with Crippen LogP contribution in [0.1, 0.15) is 49.1 Å². The van der Waals surface area contributed by atoms with Gasteiger partial charge >= 0.3 is 0 Å². The van der Waals surface area contributed by atoms with E-state index in [0.717, 1.165) is 23.5 Å². The summed E-state index contributed by atoms with van der Waals surface area (Å²) in [6, 6.07) is 6.81. The second-order valence-electron chi connectivity index (χ2n) is 7.32. The lowest BCUT2D eigenvalue weighted by Crippen LogP contribution is -2.36. The molecule has 1 heteroatoms.